The molecule has 0 nitrogen and oxygen atoms in total. The normalized spacial score (nSPS) is 15.6. The highest BCUT2D eigenvalue weighted by Gasteiger charge is 2.17. The standard InChI is InChI=1S/C8H18.C5H10.C2H6/c1-4-6-7-8(3)5-2;1-2-5-3-4-5;1-2/h8H,4-7H2,1-3H3;5H,2-4H2,1H3;1-2H3. The zero-order valence-corrected chi connectivity index (χ0v) is 12.1. The molecule has 1 aliphatic rings. The van der Waals surface area contributed by atoms with E-state index in [4.69, 9.17) is 0 Å². The zero-order valence-electron chi connectivity index (χ0n) is 12.1. The van der Waals surface area contributed by atoms with Crippen molar-refractivity contribution in [1.82, 2.24) is 0 Å². The average molecular weight is 214 g/mol. The van der Waals surface area contributed by atoms with Crippen LogP contribution in [0.15, 0.2) is 0 Å². The largest absolute Gasteiger partial charge is 0.0683 e. The molecular formula is C15H34. The lowest BCUT2D eigenvalue weighted by molar-refractivity contribution is 0.492. The predicted molar refractivity (Wildman–Crippen MR) is 73.3 cm³/mol. The summed E-state index contributed by atoms with van der Waals surface area (Å²) in [5.74, 6) is 2.09. The molecule has 0 aromatic rings. The van der Waals surface area contributed by atoms with E-state index in [0.717, 1.165) is 11.8 Å². The Morgan fingerprint density at radius 3 is 1.80 bits per heavy atom. The van der Waals surface area contributed by atoms with Crippen LogP contribution in [0.1, 0.15) is 86.5 Å². The molecule has 1 atom stereocenters. The van der Waals surface area contributed by atoms with Gasteiger partial charge < -0.3 is 0 Å². The van der Waals surface area contributed by atoms with E-state index in [9.17, 15) is 0 Å². The van der Waals surface area contributed by atoms with Crippen molar-refractivity contribution in [1.29, 1.82) is 0 Å². The molecule has 0 N–H and O–H groups in total. The smallest absolute Gasteiger partial charge is 0.0417 e. The summed E-state index contributed by atoms with van der Waals surface area (Å²) in [5, 5.41) is 0. The van der Waals surface area contributed by atoms with E-state index in [1.54, 1.807) is 0 Å². The minimum atomic E-state index is 0.954. The number of rotatable bonds is 5. The summed E-state index contributed by atoms with van der Waals surface area (Å²) in [4.78, 5) is 0. The number of unbranched alkanes of at least 4 members (excludes halogenated alkanes) is 1. The Hall–Kier alpha value is 0. The molecule has 0 heteroatoms. The van der Waals surface area contributed by atoms with Gasteiger partial charge in [0.05, 0.1) is 0 Å². The van der Waals surface area contributed by atoms with E-state index in [1.165, 1.54) is 44.9 Å². The Bertz CT molecular complexity index is 92.2. The molecule has 1 saturated carbocycles. The van der Waals surface area contributed by atoms with Gasteiger partial charge in [0.25, 0.3) is 0 Å². The monoisotopic (exact) mass is 214 g/mol. The fourth-order valence-corrected chi connectivity index (χ4v) is 1.28. The van der Waals surface area contributed by atoms with Crippen molar-refractivity contribution in [2.45, 2.75) is 86.5 Å². The van der Waals surface area contributed by atoms with Crippen molar-refractivity contribution in [2.24, 2.45) is 11.8 Å². The van der Waals surface area contributed by atoms with Crippen LogP contribution in [0.3, 0.4) is 0 Å². The highest BCUT2D eigenvalue weighted by molar-refractivity contribution is 4.69. The van der Waals surface area contributed by atoms with E-state index >= 15 is 0 Å². The summed E-state index contributed by atoms with van der Waals surface area (Å²) >= 11 is 0. The van der Waals surface area contributed by atoms with Gasteiger partial charge >= 0.3 is 0 Å². The third-order valence-electron chi connectivity index (χ3n) is 3.02. The lowest BCUT2D eigenvalue weighted by Gasteiger charge is -2.04. The third-order valence-corrected chi connectivity index (χ3v) is 3.02. The van der Waals surface area contributed by atoms with Gasteiger partial charge in [-0.05, 0) is 11.8 Å². The number of hydrogen-bond donors (Lipinski definition) is 0. The van der Waals surface area contributed by atoms with Crippen LogP contribution >= 0.6 is 0 Å². The SMILES string of the molecule is CC.CCC1CC1.CCCCC(C)CC. The summed E-state index contributed by atoms with van der Waals surface area (Å²) < 4.78 is 0. The Morgan fingerprint density at radius 2 is 1.60 bits per heavy atom. The third kappa shape index (κ3) is 16.7. The van der Waals surface area contributed by atoms with Crippen LogP contribution in [0.5, 0.6) is 0 Å². The Morgan fingerprint density at radius 1 is 1.07 bits per heavy atom. The van der Waals surface area contributed by atoms with E-state index in [0.29, 0.717) is 0 Å². The highest BCUT2D eigenvalue weighted by Crippen LogP contribution is 2.31. The van der Waals surface area contributed by atoms with Crippen LogP contribution < -0.4 is 0 Å². The first kappa shape index (κ1) is 17.4. The zero-order chi connectivity index (χ0) is 12.1. The van der Waals surface area contributed by atoms with E-state index in [1.807, 2.05) is 13.8 Å². The quantitative estimate of drug-likeness (QED) is 0.522. The molecular weight excluding hydrogens is 180 g/mol. The second kappa shape index (κ2) is 14.0. The van der Waals surface area contributed by atoms with Gasteiger partial charge in [0.15, 0.2) is 0 Å². The molecule has 0 spiro atoms. The second-order valence-corrected chi connectivity index (χ2v) is 4.51. The Labute approximate surface area is 98.9 Å². The topological polar surface area (TPSA) is 0 Å². The maximum Gasteiger partial charge on any atom is -0.0417 e. The van der Waals surface area contributed by atoms with E-state index in [-0.39, 0.29) is 0 Å². The van der Waals surface area contributed by atoms with Crippen molar-refractivity contribution < 1.29 is 0 Å². The molecule has 1 rings (SSSR count). The first-order valence-electron chi connectivity index (χ1n) is 7.24. The molecule has 0 heterocycles. The van der Waals surface area contributed by atoms with E-state index in [2.05, 4.69) is 27.7 Å². The average Bonchev–Trinajstić information content (AvgIpc) is 3.13. The lowest BCUT2D eigenvalue weighted by atomic mass is 10.0. The van der Waals surface area contributed by atoms with Gasteiger partial charge in [-0.2, -0.15) is 0 Å². The maximum atomic E-state index is 2.33. The molecule has 0 amide bonds. The fraction of sp³-hybridized carbons (Fsp3) is 1.00. The summed E-state index contributed by atoms with van der Waals surface area (Å²) in [7, 11) is 0. The summed E-state index contributed by atoms with van der Waals surface area (Å²) in [6.07, 6.45) is 9.97. The van der Waals surface area contributed by atoms with Crippen LogP contribution in [0.25, 0.3) is 0 Å². The van der Waals surface area contributed by atoms with Crippen LogP contribution in [0.2, 0.25) is 0 Å². The molecule has 15 heavy (non-hydrogen) atoms. The molecule has 1 fully saturated rings. The first-order valence-corrected chi connectivity index (χ1v) is 7.24. The Kier molecular flexibility index (Phi) is 16.2. The predicted octanol–water partition coefficient (Wildman–Crippen LogP) is 6.06. The van der Waals surface area contributed by atoms with Crippen LogP contribution in [0, 0.1) is 11.8 Å². The molecule has 0 saturated heterocycles. The van der Waals surface area contributed by atoms with Crippen LogP contribution in [-0.4, -0.2) is 0 Å². The van der Waals surface area contributed by atoms with Gasteiger partial charge in [0, 0.05) is 0 Å². The molecule has 0 aromatic carbocycles. The first-order chi connectivity index (χ1) is 7.24. The van der Waals surface area contributed by atoms with Crippen molar-refractivity contribution in [3.05, 3.63) is 0 Å². The van der Waals surface area contributed by atoms with Gasteiger partial charge in [0.2, 0.25) is 0 Å². The van der Waals surface area contributed by atoms with Crippen molar-refractivity contribution in [3.63, 3.8) is 0 Å². The van der Waals surface area contributed by atoms with Crippen molar-refractivity contribution >= 4 is 0 Å². The fourth-order valence-electron chi connectivity index (χ4n) is 1.28. The second-order valence-electron chi connectivity index (χ2n) is 4.51. The van der Waals surface area contributed by atoms with Gasteiger partial charge in [-0.25, -0.2) is 0 Å². The maximum absolute atomic E-state index is 2.33. The van der Waals surface area contributed by atoms with Gasteiger partial charge in [0.1, 0.15) is 0 Å². The molecule has 1 aliphatic carbocycles. The minimum absolute atomic E-state index is 0.954. The van der Waals surface area contributed by atoms with Gasteiger partial charge in [-0.1, -0.05) is 86.5 Å². The molecule has 0 bridgehead atoms. The molecule has 0 aliphatic heterocycles. The summed E-state index contributed by atoms with van der Waals surface area (Å²) in [6, 6.07) is 0. The molecule has 0 aromatic heterocycles. The molecule has 0 radical (unpaired) electrons. The number of hydrogen-bond acceptors (Lipinski definition) is 0. The van der Waals surface area contributed by atoms with Crippen molar-refractivity contribution in [3.8, 4) is 0 Å². The lowest BCUT2D eigenvalue weighted by Crippen LogP contribution is -1.89. The van der Waals surface area contributed by atoms with E-state index < -0.39 is 0 Å². The Balaban J connectivity index is 0. The molecule has 94 valence electrons. The summed E-state index contributed by atoms with van der Waals surface area (Å²) in [6.45, 7) is 13.1. The van der Waals surface area contributed by atoms with Gasteiger partial charge in [-0.3, -0.25) is 0 Å². The minimum Gasteiger partial charge on any atom is -0.0683 e. The van der Waals surface area contributed by atoms with Crippen molar-refractivity contribution in [2.75, 3.05) is 0 Å². The van der Waals surface area contributed by atoms with Crippen LogP contribution in [0.4, 0.5) is 0 Å². The van der Waals surface area contributed by atoms with Crippen LogP contribution in [-0.2, 0) is 0 Å². The summed E-state index contributed by atoms with van der Waals surface area (Å²) in [5.41, 5.74) is 0. The van der Waals surface area contributed by atoms with Gasteiger partial charge in [-0.15, -0.1) is 0 Å². The molecule has 1 unspecified atom stereocenters. The highest BCUT2D eigenvalue weighted by atomic mass is 14.2.